The largest absolute Gasteiger partial charge is 0.424 e. The van der Waals surface area contributed by atoms with Gasteiger partial charge in [-0.1, -0.05) is 18.2 Å². The van der Waals surface area contributed by atoms with Gasteiger partial charge in [-0.25, -0.2) is 14.4 Å². The SMILES string of the molecule is Fc1ccc(C2CCNCc3cc(Oc4ncccn4)ccc32)cc1. The summed E-state index contributed by atoms with van der Waals surface area (Å²) >= 11 is 0. The van der Waals surface area contributed by atoms with Crippen LogP contribution in [0.3, 0.4) is 0 Å². The van der Waals surface area contributed by atoms with Crippen molar-refractivity contribution in [1.29, 1.82) is 0 Å². The molecule has 0 fully saturated rings. The third-order valence-electron chi connectivity index (χ3n) is 4.44. The topological polar surface area (TPSA) is 47.0 Å². The van der Waals surface area contributed by atoms with Gasteiger partial charge < -0.3 is 10.1 Å². The van der Waals surface area contributed by atoms with Gasteiger partial charge in [0, 0.05) is 24.9 Å². The van der Waals surface area contributed by atoms with Gasteiger partial charge in [0.05, 0.1) is 0 Å². The van der Waals surface area contributed by atoms with Crippen LogP contribution in [0.2, 0.25) is 0 Å². The van der Waals surface area contributed by atoms with Crippen LogP contribution in [0.25, 0.3) is 0 Å². The van der Waals surface area contributed by atoms with Crippen LogP contribution in [0.1, 0.15) is 29.0 Å². The van der Waals surface area contributed by atoms with Crippen LogP contribution in [-0.2, 0) is 6.54 Å². The number of halogens is 1. The molecular weight excluding hydrogens is 317 g/mol. The van der Waals surface area contributed by atoms with Crippen molar-refractivity contribution in [2.75, 3.05) is 6.54 Å². The van der Waals surface area contributed by atoms with E-state index < -0.39 is 0 Å². The van der Waals surface area contributed by atoms with Crippen molar-refractivity contribution in [2.45, 2.75) is 18.9 Å². The molecule has 1 aliphatic heterocycles. The number of hydrogen-bond acceptors (Lipinski definition) is 4. The molecule has 0 radical (unpaired) electrons. The van der Waals surface area contributed by atoms with E-state index in [1.807, 2.05) is 24.3 Å². The fraction of sp³-hybridized carbons (Fsp3) is 0.200. The van der Waals surface area contributed by atoms with Crippen LogP contribution in [0.5, 0.6) is 11.8 Å². The summed E-state index contributed by atoms with van der Waals surface area (Å²) in [4.78, 5) is 8.18. The summed E-state index contributed by atoms with van der Waals surface area (Å²) < 4.78 is 19.0. The van der Waals surface area contributed by atoms with E-state index in [4.69, 9.17) is 4.74 Å². The van der Waals surface area contributed by atoms with E-state index in [0.29, 0.717) is 11.8 Å². The average molecular weight is 335 g/mol. The maximum absolute atomic E-state index is 13.2. The third kappa shape index (κ3) is 3.51. The van der Waals surface area contributed by atoms with Gasteiger partial charge >= 0.3 is 6.01 Å². The molecule has 4 nitrogen and oxygen atoms in total. The molecule has 1 unspecified atom stereocenters. The molecule has 25 heavy (non-hydrogen) atoms. The number of fused-ring (bicyclic) bond motifs is 1. The summed E-state index contributed by atoms with van der Waals surface area (Å²) in [6.07, 6.45) is 4.27. The molecule has 1 aliphatic rings. The van der Waals surface area contributed by atoms with Crippen LogP contribution in [0.4, 0.5) is 4.39 Å². The van der Waals surface area contributed by atoms with E-state index in [-0.39, 0.29) is 11.7 Å². The molecule has 1 aromatic heterocycles. The zero-order valence-electron chi connectivity index (χ0n) is 13.7. The van der Waals surface area contributed by atoms with Gasteiger partial charge in [0.25, 0.3) is 0 Å². The highest BCUT2D eigenvalue weighted by atomic mass is 19.1. The molecule has 126 valence electrons. The summed E-state index contributed by atoms with van der Waals surface area (Å²) in [5, 5.41) is 3.44. The predicted molar refractivity (Wildman–Crippen MR) is 93.1 cm³/mol. The number of ether oxygens (including phenoxy) is 1. The van der Waals surface area contributed by atoms with Crippen molar-refractivity contribution in [3.63, 3.8) is 0 Å². The maximum atomic E-state index is 13.2. The molecule has 0 spiro atoms. The van der Waals surface area contributed by atoms with Gasteiger partial charge in [-0.2, -0.15) is 0 Å². The summed E-state index contributed by atoms with van der Waals surface area (Å²) in [6.45, 7) is 1.69. The fourth-order valence-corrected chi connectivity index (χ4v) is 3.25. The van der Waals surface area contributed by atoms with Crippen molar-refractivity contribution in [2.24, 2.45) is 0 Å². The molecular formula is C20H18FN3O. The second kappa shape index (κ2) is 6.99. The van der Waals surface area contributed by atoms with Gasteiger partial charge in [0.1, 0.15) is 11.6 Å². The Balaban J connectivity index is 1.66. The predicted octanol–water partition coefficient (Wildman–Crippen LogP) is 4.03. The number of benzene rings is 2. The first-order valence-electron chi connectivity index (χ1n) is 8.33. The van der Waals surface area contributed by atoms with Crippen LogP contribution in [0, 0.1) is 5.82 Å². The van der Waals surface area contributed by atoms with Gasteiger partial charge in [-0.05, 0) is 60.0 Å². The lowest BCUT2D eigenvalue weighted by molar-refractivity contribution is 0.441. The van der Waals surface area contributed by atoms with E-state index in [1.54, 1.807) is 18.5 Å². The van der Waals surface area contributed by atoms with E-state index >= 15 is 0 Å². The van der Waals surface area contributed by atoms with Crippen LogP contribution in [0.15, 0.2) is 60.9 Å². The Bertz CT molecular complexity index is 853. The third-order valence-corrected chi connectivity index (χ3v) is 4.44. The second-order valence-electron chi connectivity index (χ2n) is 6.06. The molecule has 2 heterocycles. The average Bonchev–Trinajstić information content (AvgIpc) is 2.85. The van der Waals surface area contributed by atoms with Crippen molar-refractivity contribution < 1.29 is 9.13 Å². The van der Waals surface area contributed by atoms with E-state index in [9.17, 15) is 4.39 Å². The monoisotopic (exact) mass is 335 g/mol. The summed E-state index contributed by atoms with van der Waals surface area (Å²) in [7, 11) is 0. The number of aromatic nitrogens is 2. The normalized spacial score (nSPS) is 16.8. The number of nitrogens with zero attached hydrogens (tertiary/aromatic N) is 2. The molecule has 0 saturated carbocycles. The molecule has 0 amide bonds. The Hall–Kier alpha value is -2.79. The minimum Gasteiger partial charge on any atom is -0.424 e. The zero-order chi connectivity index (χ0) is 17.1. The lowest BCUT2D eigenvalue weighted by Crippen LogP contribution is -2.12. The first-order chi connectivity index (χ1) is 12.3. The Labute approximate surface area is 145 Å². The molecule has 1 atom stereocenters. The molecule has 4 rings (SSSR count). The lowest BCUT2D eigenvalue weighted by Gasteiger charge is -2.18. The first kappa shape index (κ1) is 15.7. The maximum Gasteiger partial charge on any atom is 0.321 e. The Morgan fingerprint density at radius 1 is 1.04 bits per heavy atom. The molecule has 5 heteroatoms. The van der Waals surface area contributed by atoms with Crippen LogP contribution < -0.4 is 10.1 Å². The molecule has 0 bridgehead atoms. The molecule has 0 saturated heterocycles. The van der Waals surface area contributed by atoms with Gasteiger partial charge in [0.15, 0.2) is 0 Å². The molecule has 3 aromatic rings. The van der Waals surface area contributed by atoms with Crippen LogP contribution >= 0.6 is 0 Å². The van der Waals surface area contributed by atoms with Gasteiger partial charge in [-0.3, -0.25) is 0 Å². The molecule has 2 aromatic carbocycles. The van der Waals surface area contributed by atoms with Crippen molar-refractivity contribution in [1.82, 2.24) is 15.3 Å². The van der Waals surface area contributed by atoms with E-state index in [2.05, 4.69) is 21.4 Å². The first-order valence-corrected chi connectivity index (χ1v) is 8.33. The van der Waals surface area contributed by atoms with Crippen molar-refractivity contribution in [3.05, 3.63) is 83.4 Å². The Kier molecular flexibility index (Phi) is 4.39. The lowest BCUT2D eigenvalue weighted by atomic mass is 9.86. The van der Waals surface area contributed by atoms with E-state index in [1.165, 1.54) is 23.3 Å². The second-order valence-corrected chi connectivity index (χ2v) is 6.06. The standard InChI is InChI=1S/C20H18FN3O/c21-16-4-2-14(3-5-16)19-8-11-22-13-15-12-17(6-7-18(15)19)25-20-23-9-1-10-24-20/h1-7,9-10,12,19,22H,8,11,13H2. The zero-order valence-corrected chi connectivity index (χ0v) is 13.7. The fourth-order valence-electron chi connectivity index (χ4n) is 3.25. The number of hydrogen-bond donors (Lipinski definition) is 1. The quantitative estimate of drug-likeness (QED) is 0.785. The smallest absolute Gasteiger partial charge is 0.321 e. The summed E-state index contributed by atoms with van der Waals surface area (Å²) in [6, 6.07) is 14.9. The summed E-state index contributed by atoms with van der Waals surface area (Å²) in [5.74, 6) is 0.751. The van der Waals surface area contributed by atoms with Crippen molar-refractivity contribution >= 4 is 0 Å². The Morgan fingerprint density at radius 3 is 2.64 bits per heavy atom. The van der Waals surface area contributed by atoms with Crippen LogP contribution in [-0.4, -0.2) is 16.5 Å². The highest BCUT2D eigenvalue weighted by Crippen LogP contribution is 2.34. The highest BCUT2D eigenvalue weighted by molar-refractivity contribution is 5.43. The summed E-state index contributed by atoms with van der Waals surface area (Å²) in [5.41, 5.74) is 3.56. The van der Waals surface area contributed by atoms with E-state index in [0.717, 1.165) is 25.1 Å². The Morgan fingerprint density at radius 2 is 1.84 bits per heavy atom. The minimum atomic E-state index is -0.206. The van der Waals surface area contributed by atoms with Gasteiger partial charge in [-0.15, -0.1) is 0 Å². The van der Waals surface area contributed by atoms with Gasteiger partial charge in [0.2, 0.25) is 0 Å². The molecule has 0 aliphatic carbocycles. The number of rotatable bonds is 3. The number of nitrogens with one attached hydrogen (secondary N) is 1. The molecule has 1 N–H and O–H groups in total. The minimum absolute atomic E-state index is 0.206. The highest BCUT2D eigenvalue weighted by Gasteiger charge is 2.21. The van der Waals surface area contributed by atoms with Crippen molar-refractivity contribution in [3.8, 4) is 11.8 Å².